The quantitative estimate of drug-likeness (QED) is 0.626. The van der Waals surface area contributed by atoms with Gasteiger partial charge in [-0.05, 0) is 24.8 Å². The predicted octanol–water partition coefficient (Wildman–Crippen LogP) is 2.31. The highest BCUT2D eigenvalue weighted by Crippen LogP contribution is 2.43. The number of aromatic amines is 1. The van der Waals surface area contributed by atoms with Gasteiger partial charge in [0.05, 0.1) is 5.56 Å². The summed E-state index contributed by atoms with van der Waals surface area (Å²) >= 11 is 0. The first kappa shape index (κ1) is 10.1. The lowest BCUT2D eigenvalue weighted by atomic mass is 10.0. The summed E-state index contributed by atoms with van der Waals surface area (Å²) in [5, 5.41) is 9.59. The Morgan fingerprint density at radius 3 is 2.59 bits per heavy atom. The van der Waals surface area contributed by atoms with Gasteiger partial charge >= 0.3 is 5.97 Å². The molecule has 0 amide bonds. The summed E-state index contributed by atoms with van der Waals surface area (Å²) in [7, 11) is 0. The number of para-hydroxylation sites is 1. The Bertz CT molecular complexity index is 623. The number of nitrogens with one attached hydrogen (secondary N) is 1. The van der Waals surface area contributed by atoms with Crippen LogP contribution in [0, 0.1) is 0 Å². The van der Waals surface area contributed by atoms with Gasteiger partial charge in [0.15, 0.2) is 0 Å². The number of H-pyrrole nitrogens is 1. The molecule has 1 heterocycles. The second-order valence-corrected chi connectivity index (χ2v) is 4.37. The molecule has 0 spiro atoms. The zero-order valence-electron chi connectivity index (χ0n) is 9.06. The van der Waals surface area contributed by atoms with Gasteiger partial charge in [-0.25, -0.2) is 4.79 Å². The zero-order valence-corrected chi connectivity index (χ0v) is 9.06. The molecule has 1 aliphatic carbocycles. The standard InChI is InChI=1S/C13H11NO3/c15-12(13(16)17)10-8-3-1-2-4-9(8)14-11(10)7-5-6-7/h1-4,7,14H,5-6H2,(H,16,17). The number of fused-ring (bicyclic) bond motifs is 1. The van der Waals surface area contributed by atoms with Crippen LogP contribution >= 0.6 is 0 Å². The smallest absolute Gasteiger partial charge is 0.377 e. The van der Waals surface area contributed by atoms with E-state index in [-0.39, 0.29) is 0 Å². The number of Topliss-reactive ketones (excluding diaryl/α,β-unsaturated/α-hetero) is 1. The molecule has 1 saturated carbocycles. The number of ketones is 1. The first-order valence-electron chi connectivity index (χ1n) is 5.56. The number of benzene rings is 1. The van der Waals surface area contributed by atoms with Crippen molar-refractivity contribution in [2.45, 2.75) is 18.8 Å². The summed E-state index contributed by atoms with van der Waals surface area (Å²) in [6, 6.07) is 7.32. The maximum atomic E-state index is 11.8. The Morgan fingerprint density at radius 2 is 1.94 bits per heavy atom. The number of aliphatic carboxylic acids is 1. The summed E-state index contributed by atoms with van der Waals surface area (Å²) < 4.78 is 0. The maximum absolute atomic E-state index is 11.8. The lowest BCUT2D eigenvalue weighted by molar-refractivity contribution is -0.131. The lowest BCUT2D eigenvalue weighted by Crippen LogP contribution is -2.14. The fourth-order valence-electron chi connectivity index (χ4n) is 2.19. The van der Waals surface area contributed by atoms with Gasteiger partial charge in [0.25, 0.3) is 5.78 Å². The van der Waals surface area contributed by atoms with Gasteiger partial charge in [0.2, 0.25) is 0 Å². The number of carboxylic acids is 1. The van der Waals surface area contributed by atoms with E-state index in [1.807, 2.05) is 18.2 Å². The van der Waals surface area contributed by atoms with Crippen molar-refractivity contribution < 1.29 is 14.7 Å². The molecule has 0 atom stereocenters. The van der Waals surface area contributed by atoms with Crippen LogP contribution in [0.2, 0.25) is 0 Å². The first-order chi connectivity index (χ1) is 8.18. The molecule has 1 fully saturated rings. The fourth-order valence-corrected chi connectivity index (χ4v) is 2.19. The van der Waals surface area contributed by atoms with Crippen LogP contribution in [0.3, 0.4) is 0 Å². The first-order valence-corrected chi connectivity index (χ1v) is 5.56. The molecule has 3 rings (SSSR count). The SMILES string of the molecule is O=C(O)C(=O)c1c(C2CC2)[nH]c2ccccc12. The molecule has 1 aromatic heterocycles. The van der Waals surface area contributed by atoms with Crippen molar-refractivity contribution in [1.82, 2.24) is 4.98 Å². The molecule has 86 valence electrons. The van der Waals surface area contributed by atoms with Gasteiger partial charge in [0.1, 0.15) is 0 Å². The summed E-state index contributed by atoms with van der Waals surface area (Å²) in [5.41, 5.74) is 1.97. The molecule has 0 radical (unpaired) electrons. The van der Waals surface area contributed by atoms with E-state index in [0.717, 1.165) is 24.1 Å². The van der Waals surface area contributed by atoms with Crippen LogP contribution in [0.1, 0.15) is 34.8 Å². The second-order valence-electron chi connectivity index (χ2n) is 4.37. The van der Waals surface area contributed by atoms with Crippen molar-refractivity contribution in [1.29, 1.82) is 0 Å². The Hall–Kier alpha value is -2.10. The van der Waals surface area contributed by atoms with Crippen LogP contribution in [0.5, 0.6) is 0 Å². The largest absolute Gasteiger partial charge is 0.475 e. The van der Waals surface area contributed by atoms with E-state index in [4.69, 9.17) is 5.11 Å². The minimum atomic E-state index is -1.39. The number of aromatic nitrogens is 1. The minimum absolute atomic E-state index is 0.320. The normalized spacial score (nSPS) is 15.1. The van der Waals surface area contributed by atoms with Crippen LogP contribution in [0.25, 0.3) is 10.9 Å². The molecule has 0 saturated heterocycles. The number of carbonyl (C=O) groups is 2. The number of rotatable bonds is 3. The van der Waals surface area contributed by atoms with E-state index in [9.17, 15) is 9.59 Å². The van der Waals surface area contributed by atoms with Gasteiger partial charge in [0, 0.05) is 16.6 Å². The van der Waals surface area contributed by atoms with Crippen molar-refractivity contribution in [3.05, 3.63) is 35.5 Å². The third-order valence-electron chi connectivity index (χ3n) is 3.14. The maximum Gasteiger partial charge on any atom is 0.377 e. The van der Waals surface area contributed by atoms with Gasteiger partial charge in [-0.1, -0.05) is 18.2 Å². The zero-order chi connectivity index (χ0) is 12.0. The van der Waals surface area contributed by atoms with Gasteiger partial charge in [-0.2, -0.15) is 0 Å². The topological polar surface area (TPSA) is 70.2 Å². The van der Waals surface area contributed by atoms with Gasteiger partial charge in [-0.15, -0.1) is 0 Å². The third-order valence-corrected chi connectivity index (χ3v) is 3.14. The summed E-state index contributed by atoms with van der Waals surface area (Å²) in [6.07, 6.45) is 2.04. The average molecular weight is 229 g/mol. The molecule has 4 heteroatoms. The van der Waals surface area contributed by atoms with Crippen molar-refractivity contribution in [2.75, 3.05) is 0 Å². The van der Waals surface area contributed by atoms with Gasteiger partial charge < -0.3 is 10.1 Å². The van der Waals surface area contributed by atoms with E-state index in [2.05, 4.69) is 4.98 Å². The lowest BCUT2D eigenvalue weighted by Gasteiger charge is -1.98. The van der Waals surface area contributed by atoms with E-state index < -0.39 is 11.8 Å². The van der Waals surface area contributed by atoms with E-state index in [1.54, 1.807) is 6.07 Å². The minimum Gasteiger partial charge on any atom is -0.475 e. The molecule has 1 aromatic carbocycles. The molecule has 1 aliphatic rings. The van der Waals surface area contributed by atoms with Crippen LogP contribution in [-0.2, 0) is 4.79 Å². The van der Waals surface area contributed by atoms with Crippen molar-refractivity contribution in [3.63, 3.8) is 0 Å². The Balaban J connectivity index is 2.28. The van der Waals surface area contributed by atoms with Crippen molar-refractivity contribution in [3.8, 4) is 0 Å². The second kappa shape index (κ2) is 3.45. The number of carbonyl (C=O) groups excluding carboxylic acids is 1. The Kier molecular flexibility index (Phi) is 2.04. The van der Waals surface area contributed by atoms with Crippen LogP contribution < -0.4 is 0 Å². The summed E-state index contributed by atoms with van der Waals surface area (Å²) in [6.45, 7) is 0. The van der Waals surface area contributed by atoms with Crippen LogP contribution in [0.15, 0.2) is 24.3 Å². The number of hydrogen-bond acceptors (Lipinski definition) is 2. The average Bonchev–Trinajstić information content (AvgIpc) is 3.09. The number of hydrogen-bond donors (Lipinski definition) is 2. The fraction of sp³-hybridized carbons (Fsp3) is 0.231. The van der Waals surface area contributed by atoms with E-state index in [0.29, 0.717) is 16.9 Å². The predicted molar refractivity (Wildman–Crippen MR) is 62.2 cm³/mol. The van der Waals surface area contributed by atoms with E-state index >= 15 is 0 Å². The summed E-state index contributed by atoms with van der Waals surface area (Å²) in [5.74, 6) is -1.89. The van der Waals surface area contributed by atoms with Gasteiger partial charge in [-0.3, -0.25) is 4.79 Å². The molecular weight excluding hydrogens is 218 g/mol. The Labute approximate surface area is 97.3 Å². The molecule has 2 N–H and O–H groups in total. The third kappa shape index (κ3) is 1.53. The molecule has 17 heavy (non-hydrogen) atoms. The van der Waals surface area contributed by atoms with Crippen LogP contribution in [0.4, 0.5) is 0 Å². The highest BCUT2D eigenvalue weighted by Gasteiger charge is 2.33. The molecule has 0 aliphatic heterocycles. The molecular formula is C13H11NO3. The Morgan fingerprint density at radius 1 is 1.24 bits per heavy atom. The van der Waals surface area contributed by atoms with Crippen LogP contribution in [-0.4, -0.2) is 21.8 Å². The summed E-state index contributed by atoms with van der Waals surface area (Å²) in [4.78, 5) is 25.8. The highest BCUT2D eigenvalue weighted by atomic mass is 16.4. The molecule has 4 nitrogen and oxygen atoms in total. The van der Waals surface area contributed by atoms with Crippen molar-refractivity contribution >= 4 is 22.7 Å². The molecule has 0 unspecified atom stereocenters. The monoisotopic (exact) mass is 229 g/mol. The highest BCUT2D eigenvalue weighted by molar-refractivity contribution is 6.42. The number of carboxylic acid groups (broad SMARTS) is 1. The molecule has 2 aromatic rings. The van der Waals surface area contributed by atoms with Crippen molar-refractivity contribution in [2.24, 2.45) is 0 Å². The van der Waals surface area contributed by atoms with E-state index in [1.165, 1.54) is 0 Å². The molecule has 0 bridgehead atoms.